The highest BCUT2D eigenvalue weighted by atomic mass is 16.0. The molecule has 1 aliphatic heterocycles. The molecule has 1 aliphatic rings. The van der Waals surface area contributed by atoms with Gasteiger partial charge in [0.05, 0.1) is 27.2 Å². The Labute approximate surface area is 63.7 Å². The number of hydrogen-bond donors (Lipinski definition) is 0. The summed E-state index contributed by atoms with van der Waals surface area (Å²) in [6.07, 6.45) is 5.80. The minimum atomic E-state index is 0. The Bertz CT molecular complexity index is 81.3. The van der Waals surface area contributed by atoms with Gasteiger partial charge in [0.15, 0.2) is 0 Å². The van der Waals surface area contributed by atoms with Crippen LogP contribution in [0.4, 0.5) is 0 Å². The molecule has 0 radical (unpaired) electrons. The maximum Gasteiger partial charge on any atom is 0.0782 e. The Morgan fingerprint density at radius 3 is 1.60 bits per heavy atom. The quantitative estimate of drug-likeness (QED) is 0.475. The van der Waals surface area contributed by atoms with Gasteiger partial charge in [0.2, 0.25) is 0 Å². The van der Waals surface area contributed by atoms with Crippen LogP contribution in [0, 0.1) is 0 Å². The molecular weight excluding hydrogens is 126 g/mol. The molecule has 0 unspecified atom stereocenters. The molecule has 10 heavy (non-hydrogen) atoms. The molecule has 1 rings (SSSR count). The van der Waals surface area contributed by atoms with Gasteiger partial charge in [-0.2, -0.15) is 0 Å². The Balaban J connectivity index is 0.000000810. The second-order valence-electron chi connectivity index (χ2n) is 3.80. The van der Waals surface area contributed by atoms with Crippen molar-refractivity contribution in [1.82, 2.24) is 0 Å². The molecule has 2 nitrogen and oxygen atoms in total. The van der Waals surface area contributed by atoms with Gasteiger partial charge in [0.25, 0.3) is 0 Å². The van der Waals surface area contributed by atoms with E-state index < -0.39 is 0 Å². The zero-order valence-electron chi connectivity index (χ0n) is 7.14. The van der Waals surface area contributed by atoms with E-state index in [9.17, 15) is 0 Å². The van der Waals surface area contributed by atoms with Crippen molar-refractivity contribution in [3.63, 3.8) is 0 Å². The zero-order valence-corrected chi connectivity index (χ0v) is 7.14. The van der Waals surface area contributed by atoms with Crippen molar-refractivity contribution < 1.29 is 9.96 Å². The summed E-state index contributed by atoms with van der Waals surface area (Å²) in [6, 6.07) is 0. The number of nitrogens with zero attached hydrogens (tertiary/aromatic N) is 1. The summed E-state index contributed by atoms with van der Waals surface area (Å²) in [7, 11) is 4.68. The summed E-state index contributed by atoms with van der Waals surface area (Å²) < 4.78 is 1.25. The molecule has 1 N–H and O–H groups in total. The third-order valence-corrected chi connectivity index (χ3v) is 2.28. The molecule has 0 aliphatic carbocycles. The third-order valence-electron chi connectivity index (χ3n) is 2.28. The van der Waals surface area contributed by atoms with Crippen LogP contribution in [0.25, 0.3) is 0 Å². The summed E-state index contributed by atoms with van der Waals surface area (Å²) in [5.41, 5.74) is 0. The molecule has 1 saturated heterocycles. The van der Waals surface area contributed by atoms with Gasteiger partial charge in [-0.3, -0.25) is 0 Å². The molecule has 0 aromatic heterocycles. The highest BCUT2D eigenvalue weighted by molar-refractivity contribution is 4.48. The predicted octanol–water partition coefficient (Wildman–Crippen LogP) is 1.46. The smallest absolute Gasteiger partial charge is 0.0782 e. The van der Waals surface area contributed by atoms with E-state index in [-0.39, 0.29) is 5.48 Å². The SMILES string of the molecule is C[N+]1(C)CCCCCC1.[OH-]. The predicted molar refractivity (Wildman–Crippen MR) is 42.2 cm³/mol. The van der Waals surface area contributed by atoms with Crippen LogP contribution < -0.4 is 0 Å². The fraction of sp³-hybridized carbons (Fsp3) is 1.00. The van der Waals surface area contributed by atoms with Crippen LogP contribution in [-0.2, 0) is 0 Å². The second kappa shape index (κ2) is 3.94. The van der Waals surface area contributed by atoms with Gasteiger partial charge >= 0.3 is 0 Å². The Morgan fingerprint density at radius 2 is 1.20 bits per heavy atom. The normalized spacial score (nSPS) is 24.6. The molecular formula is C8H19NO. The molecule has 0 aromatic carbocycles. The van der Waals surface area contributed by atoms with Crippen molar-refractivity contribution in [1.29, 1.82) is 0 Å². The van der Waals surface area contributed by atoms with Gasteiger partial charge < -0.3 is 9.96 Å². The van der Waals surface area contributed by atoms with Crippen LogP contribution in [0.1, 0.15) is 25.7 Å². The van der Waals surface area contributed by atoms with Gasteiger partial charge in [-0.15, -0.1) is 0 Å². The summed E-state index contributed by atoms with van der Waals surface area (Å²) in [5.74, 6) is 0. The first-order valence-electron chi connectivity index (χ1n) is 4.03. The fourth-order valence-corrected chi connectivity index (χ4v) is 1.55. The summed E-state index contributed by atoms with van der Waals surface area (Å²) >= 11 is 0. The number of likely N-dealkylation sites (tertiary alicyclic amines) is 1. The lowest BCUT2D eigenvalue weighted by Gasteiger charge is -2.27. The minimum absolute atomic E-state index is 0. The molecule has 0 amide bonds. The Kier molecular flexibility index (Phi) is 3.91. The molecule has 0 saturated carbocycles. The largest absolute Gasteiger partial charge is 0.870 e. The summed E-state index contributed by atoms with van der Waals surface area (Å²) in [4.78, 5) is 0. The maximum absolute atomic E-state index is 2.34. The van der Waals surface area contributed by atoms with Crippen molar-refractivity contribution in [3.8, 4) is 0 Å². The lowest BCUT2D eigenvalue weighted by molar-refractivity contribution is -0.889. The molecule has 2 heteroatoms. The summed E-state index contributed by atoms with van der Waals surface area (Å²) in [6.45, 7) is 2.78. The average Bonchev–Trinajstić information content (AvgIpc) is 1.92. The maximum atomic E-state index is 2.34. The van der Waals surface area contributed by atoms with Crippen LogP contribution in [0.5, 0.6) is 0 Å². The van der Waals surface area contributed by atoms with Crippen molar-refractivity contribution >= 4 is 0 Å². The topological polar surface area (TPSA) is 30.0 Å². The van der Waals surface area contributed by atoms with Crippen LogP contribution >= 0.6 is 0 Å². The Hall–Kier alpha value is -0.0800. The Morgan fingerprint density at radius 1 is 0.800 bits per heavy atom. The number of quaternary nitrogens is 1. The van der Waals surface area contributed by atoms with Crippen LogP contribution in [-0.4, -0.2) is 37.1 Å². The van der Waals surface area contributed by atoms with Gasteiger partial charge in [-0.25, -0.2) is 0 Å². The van der Waals surface area contributed by atoms with Gasteiger partial charge in [-0.05, 0) is 25.7 Å². The van der Waals surface area contributed by atoms with E-state index in [1.165, 1.54) is 43.3 Å². The van der Waals surface area contributed by atoms with Crippen LogP contribution in [0.2, 0.25) is 0 Å². The monoisotopic (exact) mass is 145 g/mol. The average molecular weight is 145 g/mol. The minimum Gasteiger partial charge on any atom is -0.870 e. The molecule has 1 heterocycles. The third kappa shape index (κ3) is 3.18. The molecule has 1 fully saturated rings. The van der Waals surface area contributed by atoms with Crippen molar-refractivity contribution in [3.05, 3.63) is 0 Å². The van der Waals surface area contributed by atoms with Gasteiger partial charge in [0.1, 0.15) is 0 Å². The van der Waals surface area contributed by atoms with Crippen molar-refractivity contribution in [2.24, 2.45) is 0 Å². The van der Waals surface area contributed by atoms with E-state index in [1.807, 2.05) is 0 Å². The van der Waals surface area contributed by atoms with Gasteiger partial charge in [0, 0.05) is 0 Å². The van der Waals surface area contributed by atoms with Crippen molar-refractivity contribution in [2.75, 3.05) is 27.2 Å². The molecule has 62 valence electrons. The summed E-state index contributed by atoms with van der Waals surface area (Å²) in [5, 5.41) is 0. The van der Waals surface area contributed by atoms with Crippen LogP contribution in [0.15, 0.2) is 0 Å². The second-order valence-corrected chi connectivity index (χ2v) is 3.80. The van der Waals surface area contributed by atoms with Crippen molar-refractivity contribution in [2.45, 2.75) is 25.7 Å². The number of hydrogen-bond acceptors (Lipinski definition) is 1. The van der Waals surface area contributed by atoms with Gasteiger partial charge in [-0.1, -0.05) is 0 Å². The molecule has 0 atom stereocenters. The lowest BCUT2D eigenvalue weighted by Crippen LogP contribution is -2.39. The molecule has 0 aromatic rings. The lowest BCUT2D eigenvalue weighted by atomic mass is 10.2. The molecule has 0 spiro atoms. The van der Waals surface area contributed by atoms with E-state index in [0.29, 0.717) is 0 Å². The van der Waals surface area contributed by atoms with Crippen LogP contribution in [0.3, 0.4) is 0 Å². The highest BCUT2D eigenvalue weighted by Crippen LogP contribution is 2.12. The number of rotatable bonds is 0. The van der Waals surface area contributed by atoms with E-state index in [0.717, 1.165) is 0 Å². The van der Waals surface area contributed by atoms with E-state index in [2.05, 4.69) is 14.1 Å². The first-order valence-corrected chi connectivity index (χ1v) is 4.03. The van der Waals surface area contributed by atoms with E-state index >= 15 is 0 Å². The standard InChI is InChI=1S/C8H18N.H2O/c1-9(2)7-5-3-4-6-8-9;/h3-8H2,1-2H3;1H2/q+1;/p-1. The van der Waals surface area contributed by atoms with E-state index in [4.69, 9.17) is 0 Å². The first kappa shape index (κ1) is 9.92. The fourth-order valence-electron chi connectivity index (χ4n) is 1.55. The zero-order chi connectivity index (χ0) is 6.74. The molecule has 0 bridgehead atoms. The van der Waals surface area contributed by atoms with E-state index in [1.54, 1.807) is 0 Å². The first-order chi connectivity index (χ1) is 4.21. The highest BCUT2D eigenvalue weighted by Gasteiger charge is 2.16.